The summed E-state index contributed by atoms with van der Waals surface area (Å²) in [6.45, 7) is 2.92. The van der Waals surface area contributed by atoms with E-state index in [9.17, 15) is 4.79 Å². The quantitative estimate of drug-likeness (QED) is 0.721. The van der Waals surface area contributed by atoms with Crippen LogP contribution in [0.3, 0.4) is 0 Å². The Balaban J connectivity index is 2.09. The molecule has 1 heterocycles. The Morgan fingerprint density at radius 2 is 2.19 bits per heavy atom. The van der Waals surface area contributed by atoms with Crippen molar-refractivity contribution < 1.29 is 9.53 Å². The van der Waals surface area contributed by atoms with Crippen molar-refractivity contribution in [2.45, 2.75) is 31.8 Å². The van der Waals surface area contributed by atoms with Crippen LogP contribution in [0.25, 0.3) is 0 Å². The number of ether oxygens (including phenoxy) is 1. The predicted octanol–water partition coefficient (Wildman–Crippen LogP) is 0.623. The van der Waals surface area contributed by atoms with Crippen LogP contribution < -0.4 is 10.6 Å². The van der Waals surface area contributed by atoms with E-state index in [2.05, 4.69) is 10.6 Å². The Morgan fingerprint density at radius 3 is 2.81 bits per heavy atom. The molecule has 94 valence electrons. The van der Waals surface area contributed by atoms with Gasteiger partial charge < -0.3 is 15.4 Å². The average molecular weight is 246 g/mol. The monoisotopic (exact) mass is 246 g/mol. The molecule has 1 aliphatic rings. The largest absolute Gasteiger partial charge is 0.383 e. The highest BCUT2D eigenvalue weighted by Gasteiger charge is 2.14. The van der Waals surface area contributed by atoms with Crippen molar-refractivity contribution in [2.24, 2.45) is 0 Å². The van der Waals surface area contributed by atoms with Crippen molar-refractivity contribution >= 4 is 17.7 Å². The van der Waals surface area contributed by atoms with E-state index in [0.29, 0.717) is 19.2 Å². The summed E-state index contributed by atoms with van der Waals surface area (Å²) < 4.78 is 4.96. The van der Waals surface area contributed by atoms with Crippen LogP contribution in [0.15, 0.2) is 0 Å². The number of methoxy groups -OCH3 is 1. The molecule has 1 atom stereocenters. The number of amides is 1. The van der Waals surface area contributed by atoms with Crippen LogP contribution in [-0.4, -0.2) is 49.8 Å². The highest BCUT2D eigenvalue weighted by molar-refractivity contribution is 7.99. The summed E-state index contributed by atoms with van der Waals surface area (Å²) in [5, 5.41) is 6.19. The summed E-state index contributed by atoms with van der Waals surface area (Å²) in [6.07, 6.45) is 2.34. The second kappa shape index (κ2) is 7.92. The molecule has 0 saturated carbocycles. The topological polar surface area (TPSA) is 50.4 Å². The molecule has 1 aliphatic heterocycles. The van der Waals surface area contributed by atoms with Gasteiger partial charge in [0.1, 0.15) is 0 Å². The van der Waals surface area contributed by atoms with Gasteiger partial charge in [0, 0.05) is 19.2 Å². The van der Waals surface area contributed by atoms with Crippen molar-refractivity contribution in [1.29, 1.82) is 0 Å². The molecule has 5 heteroatoms. The minimum absolute atomic E-state index is 0.0581. The van der Waals surface area contributed by atoms with Crippen LogP contribution in [0.2, 0.25) is 0 Å². The van der Waals surface area contributed by atoms with Crippen LogP contribution >= 0.6 is 11.8 Å². The van der Waals surface area contributed by atoms with E-state index >= 15 is 0 Å². The smallest absolute Gasteiger partial charge is 0.234 e. The zero-order chi connectivity index (χ0) is 11.8. The highest BCUT2D eigenvalue weighted by atomic mass is 32.2. The third-order valence-electron chi connectivity index (χ3n) is 2.60. The number of nitrogens with one attached hydrogen (secondary N) is 2. The zero-order valence-electron chi connectivity index (χ0n) is 10.1. The van der Waals surface area contributed by atoms with Crippen molar-refractivity contribution in [2.75, 3.05) is 31.8 Å². The molecule has 16 heavy (non-hydrogen) atoms. The molecule has 0 radical (unpaired) electrons. The maximum atomic E-state index is 11.5. The lowest BCUT2D eigenvalue weighted by molar-refractivity contribution is -0.121. The average Bonchev–Trinajstić information content (AvgIpc) is 2.28. The Bertz CT molecular complexity index is 208. The lowest BCUT2D eigenvalue weighted by atomic mass is 10.1. The van der Waals surface area contributed by atoms with Crippen molar-refractivity contribution in [3.05, 3.63) is 0 Å². The van der Waals surface area contributed by atoms with E-state index < -0.39 is 0 Å². The SMILES string of the molecule is COCC(C)NC(=O)CNC1CCSCC1. The predicted molar refractivity (Wildman–Crippen MR) is 67.8 cm³/mol. The van der Waals surface area contributed by atoms with Gasteiger partial charge in [-0.05, 0) is 31.3 Å². The molecule has 0 aliphatic carbocycles. The second-order valence-corrected chi connectivity index (χ2v) is 5.42. The molecule has 1 unspecified atom stereocenters. The fraction of sp³-hybridized carbons (Fsp3) is 0.909. The van der Waals surface area contributed by atoms with Crippen molar-refractivity contribution in [3.8, 4) is 0 Å². The minimum Gasteiger partial charge on any atom is -0.383 e. The van der Waals surface area contributed by atoms with E-state index in [1.165, 1.54) is 24.3 Å². The molecule has 1 fully saturated rings. The molecule has 2 N–H and O–H groups in total. The van der Waals surface area contributed by atoms with Gasteiger partial charge in [0.2, 0.25) is 5.91 Å². The number of carbonyl (C=O) groups is 1. The Labute approximate surface area is 102 Å². The molecule has 0 bridgehead atoms. The zero-order valence-corrected chi connectivity index (χ0v) is 10.9. The molecular weight excluding hydrogens is 224 g/mol. The first kappa shape index (κ1) is 13.8. The first-order chi connectivity index (χ1) is 7.72. The molecule has 1 rings (SSSR count). The van der Waals surface area contributed by atoms with E-state index in [1.54, 1.807) is 7.11 Å². The lowest BCUT2D eigenvalue weighted by Crippen LogP contribution is -2.44. The van der Waals surface area contributed by atoms with E-state index in [1.807, 2.05) is 18.7 Å². The van der Waals surface area contributed by atoms with Crippen molar-refractivity contribution in [3.63, 3.8) is 0 Å². The molecule has 0 aromatic rings. The van der Waals surface area contributed by atoms with Gasteiger partial charge in [0.15, 0.2) is 0 Å². The van der Waals surface area contributed by atoms with Crippen LogP contribution in [0, 0.1) is 0 Å². The van der Waals surface area contributed by atoms with Gasteiger partial charge in [-0.15, -0.1) is 0 Å². The molecule has 1 amide bonds. The molecule has 0 aromatic carbocycles. The van der Waals surface area contributed by atoms with E-state index in [-0.39, 0.29) is 11.9 Å². The lowest BCUT2D eigenvalue weighted by Gasteiger charge is -2.22. The van der Waals surface area contributed by atoms with Crippen LogP contribution in [0.5, 0.6) is 0 Å². The summed E-state index contributed by atoms with van der Waals surface area (Å²) in [4.78, 5) is 11.5. The fourth-order valence-corrected chi connectivity index (χ4v) is 2.86. The normalized spacial score (nSPS) is 19.4. The first-order valence-electron chi connectivity index (χ1n) is 5.81. The summed E-state index contributed by atoms with van der Waals surface area (Å²) in [5.41, 5.74) is 0. The molecule has 4 nitrogen and oxygen atoms in total. The number of rotatable bonds is 6. The number of carbonyl (C=O) groups excluding carboxylic acids is 1. The van der Waals surface area contributed by atoms with Gasteiger partial charge in [0.25, 0.3) is 0 Å². The van der Waals surface area contributed by atoms with Gasteiger partial charge in [-0.25, -0.2) is 0 Å². The van der Waals surface area contributed by atoms with Crippen molar-refractivity contribution in [1.82, 2.24) is 10.6 Å². The molecule has 1 saturated heterocycles. The van der Waals surface area contributed by atoms with Crippen LogP contribution in [0.1, 0.15) is 19.8 Å². The summed E-state index contributed by atoms with van der Waals surface area (Å²) in [7, 11) is 1.64. The standard InChI is InChI=1S/C11H22N2O2S/c1-9(8-15-2)13-11(14)7-12-10-3-5-16-6-4-10/h9-10,12H,3-8H2,1-2H3,(H,13,14). The van der Waals surface area contributed by atoms with Crippen LogP contribution in [-0.2, 0) is 9.53 Å². The van der Waals surface area contributed by atoms with Crippen LogP contribution in [0.4, 0.5) is 0 Å². The molecule has 0 aromatic heterocycles. The number of hydrogen-bond acceptors (Lipinski definition) is 4. The Hall–Kier alpha value is -0.260. The minimum atomic E-state index is 0.0581. The van der Waals surface area contributed by atoms with E-state index in [0.717, 1.165) is 0 Å². The van der Waals surface area contributed by atoms with Gasteiger partial charge in [0.05, 0.1) is 13.2 Å². The maximum absolute atomic E-state index is 11.5. The summed E-state index contributed by atoms with van der Waals surface area (Å²) in [5.74, 6) is 2.47. The third-order valence-corrected chi connectivity index (χ3v) is 3.65. The Morgan fingerprint density at radius 1 is 1.50 bits per heavy atom. The molecule has 0 spiro atoms. The van der Waals surface area contributed by atoms with Gasteiger partial charge in [-0.1, -0.05) is 0 Å². The van der Waals surface area contributed by atoms with Gasteiger partial charge in [-0.3, -0.25) is 4.79 Å². The van der Waals surface area contributed by atoms with Gasteiger partial charge in [-0.2, -0.15) is 11.8 Å². The highest BCUT2D eigenvalue weighted by Crippen LogP contribution is 2.16. The number of thioether (sulfide) groups is 1. The van der Waals surface area contributed by atoms with E-state index in [4.69, 9.17) is 4.74 Å². The maximum Gasteiger partial charge on any atom is 0.234 e. The van der Waals surface area contributed by atoms with Gasteiger partial charge >= 0.3 is 0 Å². The Kier molecular flexibility index (Phi) is 6.84. The summed E-state index contributed by atoms with van der Waals surface area (Å²) >= 11 is 1.99. The third kappa shape index (κ3) is 5.72. The second-order valence-electron chi connectivity index (χ2n) is 4.19. The molecular formula is C11H22N2O2S. The summed E-state index contributed by atoms with van der Waals surface area (Å²) in [6, 6.07) is 0.603. The fourth-order valence-electron chi connectivity index (χ4n) is 1.76. The first-order valence-corrected chi connectivity index (χ1v) is 6.97. The number of hydrogen-bond donors (Lipinski definition) is 2.